The minimum absolute atomic E-state index is 0.0690. The second-order valence-electron chi connectivity index (χ2n) is 6.72. The lowest BCUT2D eigenvalue weighted by Gasteiger charge is -2.32. The van der Waals surface area contributed by atoms with Crippen molar-refractivity contribution in [1.29, 1.82) is 0 Å². The van der Waals surface area contributed by atoms with E-state index in [0.29, 0.717) is 29.9 Å². The van der Waals surface area contributed by atoms with Crippen LogP contribution in [-0.2, 0) is 14.3 Å². The van der Waals surface area contributed by atoms with Crippen molar-refractivity contribution >= 4 is 24.1 Å². The van der Waals surface area contributed by atoms with E-state index in [9.17, 15) is 19.2 Å². The van der Waals surface area contributed by atoms with Crippen molar-refractivity contribution in [1.82, 2.24) is 14.8 Å². The van der Waals surface area contributed by atoms with Gasteiger partial charge in [0.1, 0.15) is 5.69 Å². The maximum absolute atomic E-state index is 13.1. The number of H-pyrrole nitrogens is 1. The highest BCUT2D eigenvalue weighted by Gasteiger charge is 2.33. The van der Waals surface area contributed by atoms with Crippen molar-refractivity contribution in [2.45, 2.75) is 13.8 Å². The van der Waals surface area contributed by atoms with Crippen molar-refractivity contribution in [2.75, 3.05) is 32.8 Å². The number of ketones is 1. The topological polar surface area (TPSA) is 99.8 Å². The van der Waals surface area contributed by atoms with Gasteiger partial charge in [0, 0.05) is 37.4 Å². The molecule has 2 aromatic rings. The smallest absolute Gasteiger partial charge is 0.340 e. The number of aromatic nitrogens is 1. The molecule has 0 bridgehead atoms. The average molecular weight is 397 g/mol. The molecule has 0 unspecified atom stereocenters. The third-order valence-electron chi connectivity index (χ3n) is 4.90. The Kier molecular flexibility index (Phi) is 6.11. The van der Waals surface area contributed by atoms with E-state index in [4.69, 9.17) is 4.74 Å². The molecule has 0 spiro atoms. The van der Waals surface area contributed by atoms with Gasteiger partial charge in [-0.05, 0) is 19.4 Å². The molecule has 2 amide bonds. The second kappa shape index (κ2) is 8.72. The largest absolute Gasteiger partial charge is 0.462 e. The third kappa shape index (κ3) is 4.06. The fraction of sp³-hybridized carbons (Fsp3) is 0.333. The first kappa shape index (κ1) is 20.3. The molecule has 3 rings (SSSR count). The maximum Gasteiger partial charge on any atom is 0.340 e. The van der Waals surface area contributed by atoms with Gasteiger partial charge in [-0.15, -0.1) is 0 Å². The number of amides is 2. The Labute approximate surface area is 168 Å². The van der Waals surface area contributed by atoms with Crippen molar-refractivity contribution in [3.05, 3.63) is 47.3 Å². The Hall–Kier alpha value is -3.42. The number of nitrogens with one attached hydrogen (secondary N) is 1. The molecule has 1 aliphatic rings. The van der Waals surface area contributed by atoms with E-state index < -0.39 is 17.7 Å². The van der Waals surface area contributed by atoms with Crippen molar-refractivity contribution in [3.63, 3.8) is 0 Å². The highest BCUT2D eigenvalue weighted by molar-refractivity contribution is 6.43. The fourth-order valence-electron chi connectivity index (χ4n) is 3.43. The van der Waals surface area contributed by atoms with E-state index >= 15 is 0 Å². The zero-order valence-electron chi connectivity index (χ0n) is 16.4. The van der Waals surface area contributed by atoms with Crippen LogP contribution < -0.4 is 0 Å². The third-order valence-corrected chi connectivity index (χ3v) is 4.90. The van der Waals surface area contributed by atoms with Crippen LogP contribution in [0.1, 0.15) is 33.5 Å². The number of aryl methyl sites for hydroxylation is 1. The molecule has 1 aromatic carbocycles. The number of benzene rings is 1. The van der Waals surface area contributed by atoms with Gasteiger partial charge in [0.15, 0.2) is 0 Å². The minimum atomic E-state index is -0.720. The van der Waals surface area contributed by atoms with Crippen LogP contribution in [0.4, 0.5) is 0 Å². The Morgan fingerprint density at radius 1 is 1.10 bits per heavy atom. The van der Waals surface area contributed by atoms with E-state index in [-0.39, 0.29) is 31.0 Å². The van der Waals surface area contributed by atoms with Crippen LogP contribution in [0, 0.1) is 6.92 Å². The maximum atomic E-state index is 13.1. The van der Waals surface area contributed by atoms with Gasteiger partial charge in [-0.1, -0.05) is 30.3 Å². The summed E-state index contributed by atoms with van der Waals surface area (Å²) in [5, 5.41) is 0. The number of Topliss-reactive ketones (excluding diaryl/α,β-unsaturated/α-hetero) is 1. The first-order valence-corrected chi connectivity index (χ1v) is 9.46. The summed E-state index contributed by atoms with van der Waals surface area (Å²) in [5.74, 6) is -1.93. The predicted molar refractivity (Wildman–Crippen MR) is 105 cm³/mol. The fourth-order valence-corrected chi connectivity index (χ4v) is 3.43. The van der Waals surface area contributed by atoms with Crippen LogP contribution in [0.25, 0.3) is 11.1 Å². The highest BCUT2D eigenvalue weighted by Crippen LogP contribution is 2.31. The van der Waals surface area contributed by atoms with Crippen LogP contribution in [0.2, 0.25) is 0 Å². The van der Waals surface area contributed by atoms with Crippen molar-refractivity contribution in [3.8, 4) is 11.1 Å². The van der Waals surface area contributed by atoms with Gasteiger partial charge in [0.25, 0.3) is 11.7 Å². The Balaban J connectivity index is 1.99. The summed E-state index contributed by atoms with van der Waals surface area (Å²) in [5.41, 5.74) is 1.79. The molecule has 0 atom stereocenters. The number of carbonyl (C=O) groups excluding carboxylic acids is 4. The van der Waals surface area contributed by atoms with Gasteiger partial charge >= 0.3 is 5.97 Å². The second-order valence-corrected chi connectivity index (χ2v) is 6.72. The molecule has 0 saturated carbocycles. The van der Waals surface area contributed by atoms with Gasteiger partial charge in [0.05, 0.1) is 12.2 Å². The molecule has 1 N–H and O–H groups in total. The lowest BCUT2D eigenvalue weighted by Crippen LogP contribution is -2.50. The van der Waals surface area contributed by atoms with Gasteiger partial charge in [-0.25, -0.2) is 4.79 Å². The minimum Gasteiger partial charge on any atom is -0.462 e. The van der Waals surface area contributed by atoms with E-state index in [0.717, 1.165) is 6.41 Å². The molecule has 1 aliphatic heterocycles. The summed E-state index contributed by atoms with van der Waals surface area (Å²) in [4.78, 5) is 55.2. The molecule has 0 radical (unpaired) electrons. The van der Waals surface area contributed by atoms with Crippen LogP contribution in [-0.4, -0.2) is 71.6 Å². The number of aromatic amines is 1. The summed E-state index contributed by atoms with van der Waals surface area (Å²) < 4.78 is 5.16. The molecule has 152 valence electrons. The molecular formula is C21H23N3O5. The van der Waals surface area contributed by atoms with E-state index in [1.54, 1.807) is 43.0 Å². The quantitative estimate of drug-likeness (QED) is 0.346. The first-order valence-electron chi connectivity index (χ1n) is 9.46. The molecular weight excluding hydrogens is 374 g/mol. The number of hydrogen-bond acceptors (Lipinski definition) is 5. The Morgan fingerprint density at radius 3 is 2.34 bits per heavy atom. The molecule has 8 nitrogen and oxygen atoms in total. The summed E-state index contributed by atoms with van der Waals surface area (Å²) in [6.45, 7) is 4.90. The van der Waals surface area contributed by atoms with E-state index in [1.165, 1.54) is 4.90 Å². The van der Waals surface area contributed by atoms with Crippen LogP contribution >= 0.6 is 0 Å². The van der Waals surface area contributed by atoms with E-state index in [2.05, 4.69) is 4.98 Å². The van der Waals surface area contributed by atoms with Gasteiger partial charge in [-0.2, -0.15) is 0 Å². The molecule has 2 heterocycles. The lowest BCUT2D eigenvalue weighted by molar-refractivity contribution is -0.131. The molecule has 8 heteroatoms. The Bertz CT molecular complexity index is 927. The zero-order valence-corrected chi connectivity index (χ0v) is 16.4. The van der Waals surface area contributed by atoms with Gasteiger partial charge in [0.2, 0.25) is 6.41 Å². The lowest BCUT2D eigenvalue weighted by atomic mass is 9.98. The normalized spacial score (nSPS) is 13.9. The summed E-state index contributed by atoms with van der Waals surface area (Å²) in [6.07, 6.45) is 0.733. The number of nitrogens with zero attached hydrogens (tertiary/aromatic N) is 2. The molecule has 0 aliphatic carbocycles. The molecule has 1 fully saturated rings. The number of carbonyl (C=O) groups is 4. The summed E-state index contributed by atoms with van der Waals surface area (Å²) in [7, 11) is 0. The summed E-state index contributed by atoms with van der Waals surface area (Å²) >= 11 is 0. The standard InChI is InChI=1S/C21H23N3O5/c1-3-29-21(28)16-14(2)22-18(17(16)15-7-5-4-6-8-15)19(26)20(27)24-11-9-23(13-25)10-12-24/h4-8,13,22H,3,9-12H2,1-2H3. The number of hydrogen-bond donors (Lipinski definition) is 1. The van der Waals surface area contributed by atoms with Gasteiger partial charge in [-0.3, -0.25) is 14.4 Å². The first-order chi connectivity index (χ1) is 14.0. The number of esters is 1. The number of piperazine rings is 1. The SMILES string of the molecule is CCOC(=O)c1c(C)[nH]c(C(=O)C(=O)N2CCN(C=O)CC2)c1-c1ccccc1. The predicted octanol–water partition coefficient (Wildman–Crippen LogP) is 1.65. The Morgan fingerprint density at radius 2 is 1.76 bits per heavy atom. The van der Waals surface area contributed by atoms with Crippen LogP contribution in [0.15, 0.2) is 30.3 Å². The molecule has 29 heavy (non-hydrogen) atoms. The zero-order chi connectivity index (χ0) is 21.0. The number of ether oxygens (including phenoxy) is 1. The highest BCUT2D eigenvalue weighted by atomic mass is 16.5. The van der Waals surface area contributed by atoms with Crippen LogP contribution in [0.5, 0.6) is 0 Å². The van der Waals surface area contributed by atoms with Gasteiger partial charge < -0.3 is 19.5 Å². The molecule has 1 saturated heterocycles. The monoisotopic (exact) mass is 397 g/mol. The van der Waals surface area contributed by atoms with Crippen molar-refractivity contribution < 1.29 is 23.9 Å². The number of rotatable bonds is 6. The van der Waals surface area contributed by atoms with Crippen molar-refractivity contribution in [2.24, 2.45) is 0 Å². The van der Waals surface area contributed by atoms with Crippen LogP contribution in [0.3, 0.4) is 0 Å². The average Bonchev–Trinajstić information content (AvgIpc) is 3.10. The molecule has 1 aromatic heterocycles. The van der Waals surface area contributed by atoms with E-state index in [1.807, 2.05) is 6.07 Å². The summed E-state index contributed by atoms with van der Waals surface area (Å²) in [6, 6.07) is 8.96.